The van der Waals surface area contributed by atoms with Crippen LogP contribution in [0.1, 0.15) is 129 Å². The fourth-order valence-corrected chi connectivity index (χ4v) is 4.12. The normalized spacial score (nSPS) is 13.1. The molecule has 4 nitrogen and oxygen atoms in total. The third-order valence-corrected chi connectivity index (χ3v) is 6.21. The van der Waals surface area contributed by atoms with E-state index in [-0.39, 0.29) is 0 Å². The number of hydrogen-bond acceptors (Lipinski definition) is 3. The Kier molecular flexibility index (Phi) is 19.1. The Morgan fingerprint density at radius 2 is 1.00 bits per heavy atom. The lowest BCUT2D eigenvalue weighted by Gasteiger charge is -2.15. The van der Waals surface area contributed by atoms with Gasteiger partial charge in [0, 0.05) is 6.61 Å². The van der Waals surface area contributed by atoms with E-state index < -0.39 is 15.6 Å². The molecule has 0 saturated carbocycles. The minimum absolute atomic E-state index is 0.404. The van der Waals surface area contributed by atoms with Crippen molar-refractivity contribution in [1.82, 2.24) is 0 Å². The molecule has 0 amide bonds. The average molecular weight is 407 g/mol. The molecule has 5 heteroatoms. The lowest BCUT2D eigenvalue weighted by molar-refractivity contribution is 0.0881. The minimum Gasteiger partial charge on any atom is -0.360 e. The van der Waals surface area contributed by atoms with Crippen LogP contribution < -0.4 is 0 Å². The van der Waals surface area contributed by atoms with Crippen molar-refractivity contribution in [2.75, 3.05) is 6.61 Å². The summed E-state index contributed by atoms with van der Waals surface area (Å²) in [6, 6.07) is 0. The summed E-state index contributed by atoms with van der Waals surface area (Å²) in [4.78, 5) is 0. The first-order chi connectivity index (χ1) is 13.0. The van der Waals surface area contributed by atoms with Gasteiger partial charge in [0.1, 0.15) is 0 Å². The lowest BCUT2D eigenvalue weighted by atomic mass is 10.1. The summed E-state index contributed by atoms with van der Waals surface area (Å²) in [6.45, 7) is 4.83. The van der Waals surface area contributed by atoms with Gasteiger partial charge in [0.25, 0.3) is 10.1 Å². The SMILES string of the molecule is CCCCCCCCCCCCCCOC(CCCCCCC)S(=O)(=O)O. The summed E-state index contributed by atoms with van der Waals surface area (Å²) in [6.07, 6.45) is 20.9. The summed E-state index contributed by atoms with van der Waals surface area (Å²) < 4.78 is 37.6. The van der Waals surface area contributed by atoms with Crippen LogP contribution in [0.25, 0.3) is 0 Å². The Morgan fingerprint density at radius 1 is 0.630 bits per heavy atom. The molecule has 0 aliphatic heterocycles. The van der Waals surface area contributed by atoms with E-state index in [0.29, 0.717) is 13.0 Å². The highest BCUT2D eigenvalue weighted by molar-refractivity contribution is 7.86. The molecule has 0 fully saturated rings. The molecule has 27 heavy (non-hydrogen) atoms. The van der Waals surface area contributed by atoms with E-state index >= 15 is 0 Å². The number of unbranched alkanes of at least 4 members (excludes halogenated alkanes) is 15. The fraction of sp³-hybridized carbons (Fsp3) is 1.00. The van der Waals surface area contributed by atoms with Crippen molar-refractivity contribution < 1.29 is 17.7 Å². The summed E-state index contributed by atoms with van der Waals surface area (Å²) in [7, 11) is -4.10. The molecular weight excluding hydrogens is 360 g/mol. The molecule has 0 radical (unpaired) electrons. The molecule has 0 spiro atoms. The minimum atomic E-state index is -4.10. The topological polar surface area (TPSA) is 63.6 Å². The van der Waals surface area contributed by atoms with E-state index in [9.17, 15) is 13.0 Å². The van der Waals surface area contributed by atoms with Crippen molar-refractivity contribution in [2.24, 2.45) is 0 Å². The van der Waals surface area contributed by atoms with Crippen LogP contribution in [0.3, 0.4) is 0 Å². The van der Waals surface area contributed by atoms with Crippen molar-refractivity contribution in [3.8, 4) is 0 Å². The first kappa shape index (κ1) is 26.9. The van der Waals surface area contributed by atoms with Gasteiger partial charge in [0.05, 0.1) is 0 Å². The summed E-state index contributed by atoms with van der Waals surface area (Å²) in [5.41, 5.74) is -1.04. The van der Waals surface area contributed by atoms with Gasteiger partial charge in [-0.05, 0) is 19.3 Å². The molecule has 1 N–H and O–H groups in total. The molecule has 0 bridgehead atoms. The maximum Gasteiger partial charge on any atom is 0.292 e. The van der Waals surface area contributed by atoms with Gasteiger partial charge in [-0.3, -0.25) is 4.55 Å². The third kappa shape index (κ3) is 19.0. The van der Waals surface area contributed by atoms with Crippen molar-refractivity contribution >= 4 is 10.1 Å². The van der Waals surface area contributed by atoms with Crippen LogP contribution in [0.2, 0.25) is 0 Å². The Bertz CT molecular complexity index is 395. The molecular formula is C22H46O4S. The van der Waals surface area contributed by atoms with Gasteiger partial charge in [0.2, 0.25) is 0 Å². The fourth-order valence-electron chi connectivity index (χ4n) is 3.39. The zero-order valence-electron chi connectivity index (χ0n) is 18.1. The zero-order valence-corrected chi connectivity index (χ0v) is 18.9. The highest BCUT2D eigenvalue weighted by Crippen LogP contribution is 2.15. The molecule has 0 aliphatic rings. The van der Waals surface area contributed by atoms with Crippen molar-refractivity contribution in [3.05, 3.63) is 0 Å². The first-order valence-electron chi connectivity index (χ1n) is 11.6. The van der Waals surface area contributed by atoms with Crippen molar-refractivity contribution in [3.63, 3.8) is 0 Å². The third-order valence-electron chi connectivity index (χ3n) is 5.18. The summed E-state index contributed by atoms with van der Waals surface area (Å²) in [5.74, 6) is 0. The Balaban J connectivity index is 3.55. The second kappa shape index (κ2) is 19.2. The Labute approximate surface area is 169 Å². The van der Waals surface area contributed by atoms with Crippen LogP contribution >= 0.6 is 0 Å². The van der Waals surface area contributed by atoms with Gasteiger partial charge in [-0.1, -0.05) is 110 Å². The van der Waals surface area contributed by atoms with Crippen LogP contribution in [0, 0.1) is 0 Å². The van der Waals surface area contributed by atoms with E-state index in [0.717, 1.165) is 38.5 Å². The van der Waals surface area contributed by atoms with Gasteiger partial charge >= 0.3 is 0 Å². The molecule has 1 atom stereocenters. The van der Waals surface area contributed by atoms with Crippen LogP contribution in [-0.2, 0) is 14.9 Å². The molecule has 0 aromatic rings. The molecule has 0 heterocycles. The van der Waals surface area contributed by atoms with E-state index in [1.165, 1.54) is 70.6 Å². The molecule has 0 aromatic heterocycles. The largest absolute Gasteiger partial charge is 0.360 e. The predicted octanol–water partition coefficient (Wildman–Crippen LogP) is 7.28. The molecule has 0 aliphatic carbocycles. The number of hydrogen-bond donors (Lipinski definition) is 1. The molecule has 0 aromatic carbocycles. The van der Waals surface area contributed by atoms with Gasteiger partial charge in [0.15, 0.2) is 5.44 Å². The second-order valence-corrected chi connectivity index (χ2v) is 9.46. The van der Waals surface area contributed by atoms with Gasteiger partial charge < -0.3 is 4.74 Å². The quantitative estimate of drug-likeness (QED) is 0.161. The van der Waals surface area contributed by atoms with Crippen LogP contribution in [0.5, 0.6) is 0 Å². The van der Waals surface area contributed by atoms with Gasteiger partial charge in [-0.25, -0.2) is 0 Å². The smallest absolute Gasteiger partial charge is 0.292 e. The number of ether oxygens (including phenoxy) is 1. The van der Waals surface area contributed by atoms with E-state index in [2.05, 4.69) is 13.8 Å². The van der Waals surface area contributed by atoms with Crippen molar-refractivity contribution in [2.45, 2.75) is 135 Å². The van der Waals surface area contributed by atoms with Gasteiger partial charge in [-0.15, -0.1) is 0 Å². The average Bonchev–Trinajstić information content (AvgIpc) is 2.62. The Hall–Kier alpha value is -0.130. The highest BCUT2D eigenvalue weighted by Gasteiger charge is 2.22. The molecule has 164 valence electrons. The van der Waals surface area contributed by atoms with E-state index in [1.54, 1.807) is 0 Å². The monoisotopic (exact) mass is 406 g/mol. The number of rotatable bonds is 21. The van der Waals surface area contributed by atoms with Crippen LogP contribution in [0.4, 0.5) is 0 Å². The molecule has 0 rings (SSSR count). The molecule has 0 saturated heterocycles. The van der Waals surface area contributed by atoms with Crippen LogP contribution in [0.15, 0.2) is 0 Å². The standard InChI is InChI=1S/C22H46O4S/c1-3-5-7-9-10-11-12-13-14-15-17-19-21-26-22(27(23,24)25)20-18-16-8-6-4-2/h22H,3-21H2,1-2H3,(H,23,24,25). The van der Waals surface area contributed by atoms with Crippen LogP contribution in [-0.4, -0.2) is 25.0 Å². The van der Waals surface area contributed by atoms with E-state index in [4.69, 9.17) is 4.74 Å². The zero-order chi connectivity index (χ0) is 20.2. The van der Waals surface area contributed by atoms with Crippen molar-refractivity contribution in [1.29, 1.82) is 0 Å². The lowest BCUT2D eigenvalue weighted by Crippen LogP contribution is -2.24. The molecule has 1 unspecified atom stereocenters. The maximum absolute atomic E-state index is 11.4. The predicted molar refractivity (Wildman–Crippen MR) is 116 cm³/mol. The highest BCUT2D eigenvalue weighted by atomic mass is 32.2. The van der Waals surface area contributed by atoms with E-state index in [1.807, 2.05) is 0 Å². The van der Waals surface area contributed by atoms with Gasteiger partial charge in [-0.2, -0.15) is 8.42 Å². The summed E-state index contributed by atoms with van der Waals surface area (Å²) in [5, 5.41) is 0. The first-order valence-corrected chi connectivity index (χ1v) is 13.1. The Morgan fingerprint density at radius 3 is 1.41 bits per heavy atom. The maximum atomic E-state index is 11.4. The second-order valence-electron chi connectivity index (χ2n) is 7.91. The summed E-state index contributed by atoms with van der Waals surface area (Å²) >= 11 is 0.